The molecule has 3 heterocycles. The molecule has 0 bridgehead atoms. The molecule has 1 aromatic heterocycles. The van der Waals surface area contributed by atoms with Crippen LogP contribution in [0.15, 0.2) is 36.5 Å². The molecule has 2 fully saturated rings. The summed E-state index contributed by atoms with van der Waals surface area (Å²) in [6, 6.07) is 9.32. The molecule has 0 saturated carbocycles. The van der Waals surface area contributed by atoms with Crippen molar-refractivity contribution in [2.24, 2.45) is 5.41 Å². The number of piperidine rings is 2. The van der Waals surface area contributed by atoms with E-state index in [-0.39, 0.29) is 18.4 Å². The van der Waals surface area contributed by atoms with Gasteiger partial charge in [-0.2, -0.15) is 0 Å². The van der Waals surface area contributed by atoms with Crippen LogP contribution in [0.4, 0.5) is 0 Å². The van der Waals surface area contributed by atoms with Crippen LogP contribution < -0.4 is 5.32 Å². The number of carbonyl (C=O) groups excluding carboxylic acids is 2. The summed E-state index contributed by atoms with van der Waals surface area (Å²) >= 11 is 0. The fourth-order valence-electron chi connectivity index (χ4n) is 3.92. The second-order valence-corrected chi connectivity index (χ2v) is 6.91. The zero-order valence-electron chi connectivity index (χ0n) is 14.3. The monoisotopic (exact) mass is 355 g/mol. The van der Waals surface area contributed by atoms with E-state index < -0.39 is 11.5 Å². The lowest BCUT2D eigenvalue weighted by atomic mass is 9.71. The molecule has 2 aromatic rings. The summed E-state index contributed by atoms with van der Waals surface area (Å²) in [5, 5.41) is 21.2. The highest BCUT2D eigenvalue weighted by molar-refractivity contribution is 5.94. The number of hydrogen-bond donors (Lipinski definition) is 2. The maximum atomic E-state index is 13.1. The Labute approximate surface area is 150 Å². The molecule has 0 unspecified atom stereocenters. The number of carbonyl (C=O) groups is 2. The summed E-state index contributed by atoms with van der Waals surface area (Å²) in [5.41, 5.74) is 0.173. The SMILES string of the molecule is O=C(c1cnnn1-c1ccccc1)N1CC[C@@H](O)[C@@]2(CCCNC2=O)C1. The van der Waals surface area contributed by atoms with Gasteiger partial charge in [0.2, 0.25) is 5.91 Å². The van der Waals surface area contributed by atoms with Crippen molar-refractivity contribution in [2.75, 3.05) is 19.6 Å². The molecule has 1 aromatic carbocycles. The second-order valence-electron chi connectivity index (χ2n) is 6.91. The minimum atomic E-state index is -0.919. The quantitative estimate of drug-likeness (QED) is 0.811. The summed E-state index contributed by atoms with van der Waals surface area (Å²) < 4.78 is 1.50. The molecule has 26 heavy (non-hydrogen) atoms. The third-order valence-electron chi connectivity index (χ3n) is 5.38. The van der Waals surface area contributed by atoms with Crippen LogP contribution in [-0.2, 0) is 4.79 Å². The Morgan fingerprint density at radius 3 is 2.88 bits per heavy atom. The Hall–Kier alpha value is -2.74. The molecular weight excluding hydrogens is 334 g/mol. The molecule has 0 aliphatic carbocycles. The van der Waals surface area contributed by atoms with Crippen molar-refractivity contribution in [3.8, 4) is 5.69 Å². The smallest absolute Gasteiger partial charge is 0.274 e. The number of benzene rings is 1. The average Bonchev–Trinajstić information content (AvgIpc) is 3.16. The van der Waals surface area contributed by atoms with Gasteiger partial charge in [0.05, 0.1) is 23.4 Å². The Kier molecular flexibility index (Phi) is 4.20. The molecule has 0 radical (unpaired) electrons. The van der Waals surface area contributed by atoms with E-state index in [9.17, 15) is 14.7 Å². The van der Waals surface area contributed by atoms with Gasteiger partial charge in [0.1, 0.15) is 0 Å². The first-order valence-electron chi connectivity index (χ1n) is 8.83. The number of hydrogen-bond acceptors (Lipinski definition) is 5. The Morgan fingerprint density at radius 2 is 2.12 bits per heavy atom. The molecule has 2 atom stereocenters. The van der Waals surface area contributed by atoms with Crippen LogP contribution in [0.1, 0.15) is 29.8 Å². The first-order chi connectivity index (χ1) is 12.6. The van der Waals surface area contributed by atoms with Crippen molar-refractivity contribution >= 4 is 11.8 Å². The number of para-hydroxylation sites is 1. The molecule has 8 nitrogen and oxygen atoms in total. The molecule has 2 N–H and O–H groups in total. The van der Waals surface area contributed by atoms with E-state index in [0.717, 1.165) is 12.1 Å². The third-order valence-corrected chi connectivity index (χ3v) is 5.38. The number of amides is 2. The van der Waals surface area contributed by atoms with E-state index in [4.69, 9.17) is 0 Å². The van der Waals surface area contributed by atoms with Crippen molar-refractivity contribution in [2.45, 2.75) is 25.4 Å². The summed E-state index contributed by atoms with van der Waals surface area (Å²) in [5.74, 6) is -0.396. The van der Waals surface area contributed by atoms with Gasteiger partial charge < -0.3 is 15.3 Å². The van der Waals surface area contributed by atoms with Crippen LogP contribution in [0.2, 0.25) is 0 Å². The van der Waals surface area contributed by atoms with E-state index in [0.29, 0.717) is 31.6 Å². The van der Waals surface area contributed by atoms with Gasteiger partial charge in [-0.05, 0) is 31.4 Å². The molecule has 4 rings (SSSR count). The average molecular weight is 355 g/mol. The largest absolute Gasteiger partial charge is 0.392 e. The first kappa shape index (κ1) is 16.7. The fraction of sp³-hybridized carbons (Fsp3) is 0.444. The normalized spacial score (nSPS) is 26.0. The highest BCUT2D eigenvalue weighted by Gasteiger charge is 2.50. The molecule has 2 aliphatic rings. The fourth-order valence-corrected chi connectivity index (χ4v) is 3.92. The van der Waals surface area contributed by atoms with Crippen LogP contribution in [0.5, 0.6) is 0 Å². The van der Waals surface area contributed by atoms with Crippen LogP contribution in [0.3, 0.4) is 0 Å². The number of aliphatic hydroxyl groups is 1. The Bertz CT molecular complexity index is 821. The first-order valence-corrected chi connectivity index (χ1v) is 8.83. The molecule has 2 aliphatic heterocycles. The van der Waals surface area contributed by atoms with E-state index >= 15 is 0 Å². The van der Waals surface area contributed by atoms with Crippen LogP contribution in [-0.4, -0.2) is 62.6 Å². The summed E-state index contributed by atoms with van der Waals surface area (Å²) in [6.45, 7) is 1.22. The van der Waals surface area contributed by atoms with E-state index in [2.05, 4.69) is 15.6 Å². The van der Waals surface area contributed by atoms with Crippen molar-refractivity contribution in [1.29, 1.82) is 0 Å². The van der Waals surface area contributed by atoms with Gasteiger partial charge in [0.15, 0.2) is 5.69 Å². The Balaban J connectivity index is 1.62. The predicted molar refractivity (Wildman–Crippen MR) is 92.6 cm³/mol. The number of rotatable bonds is 2. The van der Waals surface area contributed by atoms with Gasteiger partial charge in [-0.15, -0.1) is 5.10 Å². The van der Waals surface area contributed by atoms with Crippen LogP contribution in [0, 0.1) is 5.41 Å². The van der Waals surface area contributed by atoms with Crippen LogP contribution >= 0.6 is 0 Å². The molecule has 2 amide bonds. The minimum absolute atomic E-state index is 0.163. The number of nitrogens with one attached hydrogen (secondary N) is 1. The number of likely N-dealkylation sites (tertiary alicyclic amines) is 1. The molecule has 8 heteroatoms. The van der Waals surface area contributed by atoms with E-state index in [1.165, 1.54) is 10.9 Å². The lowest BCUT2D eigenvalue weighted by Gasteiger charge is -2.46. The zero-order chi connectivity index (χ0) is 18.1. The number of aromatic nitrogens is 3. The Morgan fingerprint density at radius 1 is 1.31 bits per heavy atom. The second kappa shape index (κ2) is 6.53. The van der Waals surface area contributed by atoms with Crippen molar-refractivity contribution in [3.05, 3.63) is 42.2 Å². The van der Waals surface area contributed by atoms with Crippen molar-refractivity contribution < 1.29 is 14.7 Å². The van der Waals surface area contributed by atoms with Crippen molar-refractivity contribution in [1.82, 2.24) is 25.2 Å². The highest BCUT2D eigenvalue weighted by Crippen LogP contribution is 2.37. The number of aliphatic hydroxyl groups excluding tert-OH is 1. The summed E-state index contributed by atoms with van der Waals surface area (Å²) in [7, 11) is 0. The van der Waals surface area contributed by atoms with Crippen molar-refractivity contribution in [3.63, 3.8) is 0 Å². The molecular formula is C18H21N5O3. The minimum Gasteiger partial charge on any atom is -0.392 e. The van der Waals surface area contributed by atoms with E-state index in [1.807, 2.05) is 30.3 Å². The van der Waals surface area contributed by atoms with Gasteiger partial charge >= 0.3 is 0 Å². The lowest BCUT2D eigenvalue weighted by molar-refractivity contribution is -0.147. The third kappa shape index (κ3) is 2.66. The predicted octanol–water partition coefficient (Wildman–Crippen LogP) is 0.370. The molecule has 1 spiro atoms. The summed E-state index contributed by atoms with van der Waals surface area (Å²) in [4.78, 5) is 27.2. The number of nitrogens with zero attached hydrogens (tertiary/aromatic N) is 4. The highest BCUT2D eigenvalue weighted by atomic mass is 16.3. The zero-order valence-corrected chi connectivity index (χ0v) is 14.3. The molecule has 2 saturated heterocycles. The van der Waals surface area contributed by atoms with Gasteiger partial charge in [0, 0.05) is 19.6 Å². The topological polar surface area (TPSA) is 100 Å². The van der Waals surface area contributed by atoms with Gasteiger partial charge in [-0.1, -0.05) is 23.4 Å². The van der Waals surface area contributed by atoms with Crippen LogP contribution in [0.25, 0.3) is 5.69 Å². The molecule has 136 valence electrons. The standard InChI is InChI=1S/C18H21N5O3/c24-15-7-10-22(12-18(15)8-4-9-19-17(18)26)16(25)14-11-20-21-23(14)13-5-2-1-3-6-13/h1-3,5-6,11,15,24H,4,7-10,12H2,(H,19,26)/t15-,18-/m1/s1. The summed E-state index contributed by atoms with van der Waals surface area (Å²) in [6.07, 6.45) is 2.47. The maximum absolute atomic E-state index is 13.1. The lowest BCUT2D eigenvalue weighted by Crippen LogP contribution is -2.62. The maximum Gasteiger partial charge on any atom is 0.274 e. The van der Waals surface area contributed by atoms with Gasteiger partial charge in [-0.25, -0.2) is 4.68 Å². The van der Waals surface area contributed by atoms with Gasteiger partial charge in [-0.3, -0.25) is 9.59 Å². The van der Waals surface area contributed by atoms with Gasteiger partial charge in [0.25, 0.3) is 5.91 Å². The van der Waals surface area contributed by atoms with E-state index in [1.54, 1.807) is 4.90 Å².